The highest BCUT2D eigenvalue weighted by Gasteiger charge is 2.17. The van der Waals surface area contributed by atoms with Crippen LogP contribution in [-0.4, -0.2) is 34.3 Å². The van der Waals surface area contributed by atoms with Gasteiger partial charge in [-0.2, -0.15) is 0 Å². The van der Waals surface area contributed by atoms with Crippen molar-refractivity contribution in [2.24, 2.45) is 0 Å². The van der Waals surface area contributed by atoms with Gasteiger partial charge in [-0.1, -0.05) is 30.8 Å². The first-order valence-corrected chi connectivity index (χ1v) is 10.5. The molecule has 0 saturated heterocycles. The fourth-order valence-corrected chi connectivity index (χ4v) is 4.24. The Labute approximate surface area is 169 Å². The molecular weight excluding hydrogens is 398 g/mol. The molecule has 3 rings (SSSR count). The minimum absolute atomic E-state index is 0.0605. The van der Waals surface area contributed by atoms with E-state index in [4.69, 9.17) is 4.74 Å². The Bertz CT molecular complexity index is 1070. The van der Waals surface area contributed by atoms with Crippen LogP contribution in [0.15, 0.2) is 45.7 Å². The van der Waals surface area contributed by atoms with Crippen LogP contribution in [0.3, 0.4) is 0 Å². The molecule has 3 aromatic rings. The van der Waals surface area contributed by atoms with E-state index in [1.807, 2.05) is 19.1 Å². The summed E-state index contributed by atoms with van der Waals surface area (Å²) in [6.07, 6.45) is 0.775. The quantitative estimate of drug-likeness (QED) is 0.360. The molecule has 28 heavy (non-hydrogen) atoms. The van der Waals surface area contributed by atoms with E-state index < -0.39 is 5.97 Å². The van der Waals surface area contributed by atoms with Crippen molar-refractivity contribution in [3.8, 4) is 0 Å². The molecule has 0 radical (unpaired) electrons. The van der Waals surface area contributed by atoms with Gasteiger partial charge in [-0.3, -0.25) is 14.2 Å². The lowest BCUT2D eigenvalue weighted by Crippen LogP contribution is -2.24. The Morgan fingerprint density at radius 2 is 2.07 bits per heavy atom. The van der Waals surface area contributed by atoms with Crippen LogP contribution < -0.4 is 10.9 Å². The van der Waals surface area contributed by atoms with E-state index in [2.05, 4.69) is 10.3 Å². The van der Waals surface area contributed by atoms with E-state index in [1.54, 1.807) is 28.1 Å². The number of amides is 1. The summed E-state index contributed by atoms with van der Waals surface area (Å²) in [5.41, 5.74) is 0.912. The molecule has 0 aliphatic carbocycles. The third kappa shape index (κ3) is 4.26. The number of thioether (sulfide) groups is 1. The van der Waals surface area contributed by atoms with Crippen LogP contribution in [0.4, 0.5) is 5.69 Å². The number of anilines is 1. The molecule has 1 N–H and O–H groups in total. The van der Waals surface area contributed by atoms with Crippen LogP contribution in [0.2, 0.25) is 0 Å². The number of fused-ring (bicyclic) bond motifs is 1. The third-order valence-corrected chi connectivity index (χ3v) is 5.79. The molecule has 0 aliphatic rings. The van der Waals surface area contributed by atoms with Gasteiger partial charge in [0.1, 0.15) is 4.88 Å². The number of methoxy groups -OCH3 is 1. The van der Waals surface area contributed by atoms with Crippen molar-refractivity contribution in [1.29, 1.82) is 0 Å². The number of thiophene rings is 1. The molecule has 0 bridgehead atoms. The van der Waals surface area contributed by atoms with Gasteiger partial charge in [0, 0.05) is 6.54 Å². The molecule has 2 heterocycles. The lowest BCUT2D eigenvalue weighted by molar-refractivity contribution is -0.113. The molecular formula is C19H19N3O4S2. The third-order valence-electron chi connectivity index (χ3n) is 3.92. The van der Waals surface area contributed by atoms with Crippen molar-refractivity contribution in [2.75, 3.05) is 18.2 Å². The lowest BCUT2D eigenvalue weighted by Gasteiger charge is -2.12. The van der Waals surface area contributed by atoms with Crippen LogP contribution in [-0.2, 0) is 16.1 Å². The zero-order valence-corrected chi connectivity index (χ0v) is 17.1. The summed E-state index contributed by atoms with van der Waals surface area (Å²) in [7, 11) is 1.29. The Balaban J connectivity index is 1.79. The number of rotatable bonds is 7. The second-order valence-corrected chi connectivity index (χ2v) is 7.72. The smallest absolute Gasteiger partial charge is 0.350 e. The Morgan fingerprint density at radius 3 is 2.82 bits per heavy atom. The largest absolute Gasteiger partial charge is 0.465 e. The molecule has 0 spiro atoms. The Kier molecular flexibility index (Phi) is 6.48. The molecule has 2 aromatic heterocycles. The van der Waals surface area contributed by atoms with Gasteiger partial charge in [-0.05, 0) is 30.0 Å². The number of nitrogens with zero attached hydrogens (tertiary/aromatic N) is 2. The summed E-state index contributed by atoms with van der Waals surface area (Å²) in [5.74, 6) is -0.727. The second kappa shape index (κ2) is 9.03. The molecule has 9 heteroatoms. The van der Waals surface area contributed by atoms with Gasteiger partial charge in [0.15, 0.2) is 5.16 Å². The van der Waals surface area contributed by atoms with Crippen LogP contribution in [0.5, 0.6) is 0 Å². The summed E-state index contributed by atoms with van der Waals surface area (Å²) in [6, 6.07) is 8.82. The first-order valence-electron chi connectivity index (χ1n) is 8.63. The number of nitrogens with one attached hydrogen (secondary N) is 1. The summed E-state index contributed by atoms with van der Waals surface area (Å²) < 4.78 is 6.31. The second-order valence-electron chi connectivity index (χ2n) is 5.86. The van der Waals surface area contributed by atoms with E-state index in [9.17, 15) is 14.4 Å². The summed E-state index contributed by atoms with van der Waals surface area (Å²) in [5, 5.41) is 5.48. The fraction of sp³-hybridized carbons (Fsp3) is 0.263. The van der Waals surface area contributed by atoms with E-state index in [0.29, 0.717) is 33.2 Å². The van der Waals surface area contributed by atoms with E-state index in [0.717, 1.165) is 6.42 Å². The number of benzene rings is 1. The molecule has 0 unspecified atom stereocenters. The molecule has 0 aliphatic heterocycles. The SMILES string of the molecule is CCCn1c(SCC(=O)Nc2ccsc2C(=O)OC)nc2ccccc2c1=O. The monoisotopic (exact) mass is 417 g/mol. The van der Waals surface area contributed by atoms with Gasteiger partial charge in [-0.15, -0.1) is 11.3 Å². The predicted octanol–water partition coefficient (Wildman–Crippen LogP) is 3.39. The van der Waals surface area contributed by atoms with Crippen molar-refractivity contribution in [2.45, 2.75) is 25.0 Å². The lowest BCUT2D eigenvalue weighted by atomic mass is 10.2. The first kappa shape index (κ1) is 20.1. The van der Waals surface area contributed by atoms with Crippen LogP contribution >= 0.6 is 23.1 Å². The number of para-hydroxylation sites is 1. The maximum Gasteiger partial charge on any atom is 0.350 e. The minimum Gasteiger partial charge on any atom is -0.465 e. The van der Waals surface area contributed by atoms with E-state index in [-0.39, 0.29) is 17.2 Å². The molecule has 7 nitrogen and oxygen atoms in total. The average molecular weight is 418 g/mol. The average Bonchev–Trinajstić information content (AvgIpc) is 3.16. The number of ether oxygens (including phenoxy) is 1. The maximum absolute atomic E-state index is 12.8. The molecule has 0 saturated carbocycles. The van der Waals surface area contributed by atoms with Crippen molar-refractivity contribution in [1.82, 2.24) is 9.55 Å². The van der Waals surface area contributed by atoms with Crippen LogP contribution in [0, 0.1) is 0 Å². The zero-order chi connectivity index (χ0) is 20.1. The topological polar surface area (TPSA) is 90.3 Å². The van der Waals surface area contributed by atoms with Crippen LogP contribution in [0.25, 0.3) is 10.9 Å². The standard InChI is InChI=1S/C19H19N3O4S2/c1-3-9-22-17(24)12-6-4-5-7-13(12)21-19(22)28-11-15(23)20-14-8-10-27-16(14)18(25)26-2/h4-8,10H,3,9,11H2,1-2H3,(H,20,23). The summed E-state index contributed by atoms with van der Waals surface area (Å²) in [6.45, 7) is 2.51. The van der Waals surface area contributed by atoms with Gasteiger partial charge in [-0.25, -0.2) is 9.78 Å². The molecule has 1 amide bonds. The van der Waals surface area contributed by atoms with Gasteiger partial charge in [0.25, 0.3) is 5.56 Å². The minimum atomic E-state index is -0.495. The number of carbonyl (C=O) groups is 2. The van der Waals surface area contributed by atoms with Crippen molar-refractivity contribution >= 4 is 51.6 Å². The number of hydrogen-bond donors (Lipinski definition) is 1. The Morgan fingerprint density at radius 1 is 1.29 bits per heavy atom. The number of esters is 1. The van der Waals surface area contributed by atoms with E-state index >= 15 is 0 Å². The summed E-state index contributed by atoms with van der Waals surface area (Å²) in [4.78, 5) is 41.7. The van der Waals surface area contributed by atoms with Crippen LogP contribution in [0.1, 0.15) is 23.0 Å². The zero-order valence-electron chi connectivity index (χ0n) is 15.4. The molecule has 0 atom stereocenters. The maximum atomic E-state index is 12.8. The van der Waals surface area contributed by atoms with E-state index in [1.165, 1.54) is 30.2 Å². The van der Waals surface area contributed by atoms with Crippen molar-refractivity contribution in [3.63, 3.8) is 0 Å². The highest BCUT2D eigenvalue weighted by molar-refractivity contribution is 7.99. The van der Waals surface area contributed by atoms with Gasteiger partial charge < -0.3 is 10.1 Å². The number of aromatic nitrogens is 2. The van der Waals surface area contributed by atoms with Gasteiger partial charge in [0.05, 0.1) is 29.5 Å². The molecule has 0 fully saturated rings. The van der Waals surface area contributed by atoms with Crippen molar-refractivity contribution in [3.05, 3.63) is 50.9 Å². The first-order chi connectivity index (χ1) is 13.5. The highest BCUT2D eigenvalue weighted by atomic mass is 32.2. The fourth-order valence-electron chi connectivity index (χ4n) is 2.65. The Hall–Kier alpha value is -2.65. The number of carbonyl (C=O) groups excluding carboxylic acids is 2. The highest BCUT2D eigenvalue weighted by Crippen LogP contribution is 2.24. The normalized spacial score (nSPS) is 10.8. The van der Waals surface area contributed by atoms with Crippen molar-refractivity contribution < 1.29 is 14.3 Å². The van der Waals surface area contributed by atoms with Gasteiger partial charge in [0.2, 0.25) is 5.91 Å². The van der Waals surface area contributed by atoms with Gasteiger partial charge >= 0.3 is 5.97 Å². The molecule has 146 valence electrons. The number of hydrogen-bond acceptors (Lipinski definition) is 7. The summed E-state index contributed by atoms with van der Waals surface area (Å²) >= 11 is 2.39. The predicted molar refractivity (Wildman–Crippen MR) is 111 cm³/mol. The molecule has 1 aromatic carbocycles.